The van der Waals surface area contributed by atoms with E-state index in [1.165, 1.54) is 16.8 Å². The summed E-state index contributed by atoms with van der Waals surface area (Å²) >= 11 is 0. The second-order valence-electron chi connectivity index (χ2n) is 5.77. The number of hydrogen-bond donors (Lipinski definition) is 1. The summed E-state index contributed by atoms with van der Waals surface area (Å²) in [5.74, 6) is 1.03. The van der Waals surface area contributed by atoms with Crippen LogP contribution in [0, 0.1) is 0 Å². The van der Waals surface area contributed by atoms with Crippen LogP contribution in [0.25, 0.3) is 0 Å². The molecule has 21 heavy (non-hydrogen) atoms. The first-order valence-corrected chi connectivity index (χ1v) is 7.63. The lowest BCUT2D eigenvalue weighted by Crippen LogP contribution is -2.39. The Morgan fingerprint density at radius 2 is 1.95 bits per heavy atom. The minimum atomic E-state index is 0.165. The van der Waals surface area contributed by atoms with E-state index in [0.29, 0.717) is 6.04 Å². The van der Waals surface area contributed by atoms with Gasteiger partial charge in [0.25, 0.3) is 0 Å². The van der Waals surface area contributed by atoms with Gasteiger partial charge in [0, 0.05) is 24.3 Å². The molecule has 0 spiro atoms. The second kappa shape index (κ2) is 5.08. The van der Waals surface area contributed by atoms with Gasteiger partial charge in [-0.15, -0.1) is 0 Å². The number of likely N-dealkylation sites (N-methyl/N-ethyl adjacent to an activating group) is 1. The Bertz CT molecular complexity index is 655. The zero-order valence-corrected chi connectivity index (χ0v) is 12.3. The molecule has 2 aliphatic heterocycles. The molecule has 2 heterocycles. The minimum absolute atomic E-state index is 0.165. The molecule has 2 atom stereocenters. The van der Waals surface area contributed by atoms with Gasteiger partial charge in [-0.25, -0.2) is 0 Å². The third kappa shape index (κ3) is 2.00. The number of rotatable bonds is 3. The molecule has 0 bridgehead atoms. The van der Waals surface area contributed by atoms with Gasteiger partial charge in [-0.3, -0.25) is 0 Å². The number of nitrogens with one attached hydrogen (secondary N) is 1. The summed E-state index contributed by atoms with van der Waals surface area (Å²) in [6.07, 6.45) is 1.29. The van der Waals surface area contributed by atoms with Crippen LogP contribution in [0.3, 0.4) is 0 Å². The molecule has 0 aliphatic carbocycles. The van der Waals surface area contributed by atoms with E-state index in [2.05, 4.69) is 58.7 Å². The Kier molecular flexibility index (Phi) is 3.08. The van der Waals surface area contributed by atoms with Gasteiger partial charge in [-0.05, 0) is 31.2 Å². The molecule has 2 aliphatic rings. The lowest BCUT2D eigenvalue weighted by molar-refractivity contribution is 0.202. The van der Waals surface area contributed by atoms with Crippen molar-refractivity contribution >= 4 is 5.69 Å². The number of anilines is 1. The van der Waals surface area contributed by atoms with E-state index >= 15 is 0 Å². The molecule has 0 aromatic heterocycles. The highest BCUT2D eigenvalue weighted by Gasteiger charge is 2.40. The third-order valence-corrected chi connectivity index (χ3v) is 4.53. The highest BCUT2D eigenvalue weighted by molar-refractivity contribution is 5.61. The van der Waals surface area contributed by atoms with E-state index in [1.54, 1.807) is 0 Å². The van der Waals surface area contributed by atoms with E-state index < -0.39 is 0 Å². The first-order valence-electron chi connectivity index (χ1n) is 7.63. The molecule has 0 amide bonds. The van der Waals surface area contributed by atoms with Crippen LogP contribution >= 0.6 is 0 Å². The molecule has 4 rings (SSSR count). The van der Waals surface area contributed by atoms with Crippen molar-refractivity contribution in [3.63, 3.8) is 0 Å². The Labute approximate surface area is 125 Å². The van der Waals surface area contributed by atoms with Crippen molar-refractivity contribution in [2.45, 2.75) is 18.6 Å². The summed E-state index contributed by atoms with van der Waals surface area (Å²) in [6, 6.07) is 17.5. The first kappa shape index (κ1) is 12.7. The fourth-order valence-corrected chi connectivity index (χ4v) is 3.64. The standard InChI is InChI=1S/C18H20N2O/c1-19-12-17-18(14-7-3-5-9-16(14)21-17)20-11-10-13-6-2-4-8-15(13)20/h2-9,17-19H,10-12H2,1H3. The van der Waals surface area contributed by atoms with Crippen LogP contribution in [-0.4, -0.2) is 26.2 Å². The molecule has 0 saturated heterocycles. The van der Waals surface area contributed by atoms with E-state index in [9.17, 15) is 0 Å². The molecular weight excluding hydrogens is 260 g/mol. The molecular formula is C18H20N2O. The molecule has 0 saturated carbocycles. The second-order valence-corrected chi connectivity index (χ2v) is 5.77. The molecule has 108 valence electrons. The summed E-state index contributed by atoms with van der Waals surface area (Å²) < 4.78 is 6.18. The average molecular weight is 280 g/mol. The van der Waals surface area contributed by atoms with Gasteiger partial charge >= 0.3 is 0 Å². The summed E-state index contributed by atoms with van der Waals surface area (Å²) in [6.45, 7) is 1.93. The Morgan fingerprint density at radius 3 is 2.86 bits per heavy atom. The molecule has 1 N–H and O–H groups in total. The molecule has 0 fully saturated rings. The molecule has 2 aromatic rings. The van der Waals surface area contributed by atoms with E-state index in [4.69, 9.17) is 4.74 Å². The third-order valence-electron chi connectivity index (χ3n) is 4.53. The maximum atomic E-state index is 6.18. The monoisotopic (exact) mass is 280 g/mol. The normalized spacial score (nSPS) is 22.8. The summed E-state index contributed by atoms with van der Waals surface area (Å²) in [5, 5.41) is 3.27. The zero-order chi connectivity index (χ0) is 14.2. The largest absolute Gasteiger partial charge is 0.486 e. The van der Waals surface area contributed by atoms with Crippen molar-refractivity contribution in [3.8, 4) is 5.75 Å². The van der Waals surface area contributed by atoms with Crippen LogP contribution in [0.1, 0.15) is 17.2 Å². The number of hydrogen-bond acceptors (Lipinski definition) is 3. The van der Waals surface area contributed by atoms with Gasteiger partial charge in [0.15, 0.2) is 0 Å². The Balaban J connectivity index is 1.75. The van der Waals surface area contributed by atoms with Gasteiger partial charge in [0.1, 0.15) is 11.9 Å². The summed E-state index contributed by atoms with van der Waals surface area (Å²) in [5.41, 5.74) is 4.13. The molecule has 0 radical (unpaired) electrons. The summed E-state index contributed by atoms with van der Waals surface area (Å²) in [4.78, 5) is 2.52. The quantitative estimate of drug-likeness (QED) is 0.935. The van der Waals surface area contributed by atoms with Crippen LogP contribution in [0.2, 0.25) is 0 Å². The lowest BCUT2D eigenvalue weighted by Gasteiger charge is -2.31. The van der Waals surface area contributed by atoms with Crippen molar-refractivity contribution in [1.82, 2.24) is 5.32 Å². The van der Waals surface area contributed by atoms with Crippen molar-refractivity contribution in [1.29, 1.82) is 0 Å². The maximum Gasteiger partial charge on any atom is 0.136 e. The summed E-state index contributed by atoms with van der Waals surface area (Å²) in [7, 11) is 1.99. The minimum Gasteiger partial charge on any atom is -0.486 e. The number of para-hydroxylation sites is 2. The SMILES string of the molecule is CNCC1Oc2ccccc2C1N1CCc2ccccc21. The lowest BCUT2D eigenvalue weighted by atomic mass is 10.0. The van der Waals surface area contributed by atoms with E-state index in [1.807, 2.05) is 7.05 Å². The Morgan fingerprint density at radius 1 is 1.14 bits per heavy atom. The highest BCUT2D eigenvalue weighted by Crippen LogP contribution is 2.44. The van der Waals surface area contributed by atoms with Gasteiger partial charge in [0.05, 0.1) is 6.04 Å². The average Bonchev–Trinajstić information content (AvgIpc) is 3.08. The predicted octanol–water partition coefficient (Wildman–Crippen LogP) is 2.77. The maximum absolute atomic E-state index is 6.18. The van der Waals surface area contributed by atoms with Crippen molar-refractivity contribution in [3.05, 3.63) is 59.7 Å². The van der Waals surface area contributed by atoms with Crippen LogP contribution < -0.4 is 15.0 Å². The van der Waals surface area contributed by atoms with Crippen molar-refractivity contribution in [2.75, 3.05) is 25.0 Å². The fourth-order valence-electron chi connectivity index (χ4n) is 3.64. The van der Waals surface area contributed by atoms with E-state index in [0.717, 1.165) is 25.3 Å². The molecule has 3 nitrogen and oxygen atoms in total. The van der Waals surface area contributed by atoms with Crippen LogP contribution in [-0.2, 0) is 6.42 Å². The fraction of sp³-hybridized carbons (Fsp3) is 0.333. The van der Waals surface area contributed by atoms with Gasteiger partial charge < -0.3 is 15.0 Å². The van der Waals surface area contributed by atoms with E-state index in [-0.39, 0.29) is 6.10 Å². The predicted molar refractivity (Wildman–Crippen MR) is 85.0 cm³/mol. The Hall–Kier alpha value is -2.00. The van der Waals surface area contributed by atoms with Gasteiger partial charge in [-0.2, -0.15) is 0 Å². The number of benzene rings is 2. The first-order chi connectivity index (χ1) is 10.4. The molecule has 2 unspecified atom stereocenters. The topological polar surface area (TPSA) is 24.5 Å². The number of nitrogens with zero attached hydrogens (tertiary/aromatic N) is 1. The van der Waals surface area contributed by atoms with Crippen LogP contribution in [0.5, 0.6) is 5.75 Å². The van der Waals surface area contributed by atoms with Crippen LogP contribution in [0.15, 0.2) is 48.5 Å². The zero-order valence-electron chi connectivity index (χ0n) is 12.3. The molecule has 3 heteroatoms. The molecule has 2 aromatic carbocycles. The highest BCUT2D eigenvalue weighted by atomic mass is 16.5. The van der Waals surface area contributed by atoms with Crippen LogP contribution in [0.4, 0.5) is 5.69 Å². The number of fused-ring (bicyclic) bond motifs is 2. The van der Waals surface area contributed by atoms with Crippen molar-refractivity contribution in [2.24, 2.45) is 0 Å². The van der Waals surface area contributed by atoms with Crippen molar-refractivity contribution < 1.29 is 4.74 Å². The smallest absolute Gasteiger partial charge is 0.136 e. The number of ether oxygens (including phenoxy) is 1. The van der Waals surface area contributed by atoms with Gasteiger partial charge in [-0.1, -0.05) is 36.4 Å². The van der Waals surface area contributed by atoms with Gasteiger partial charge in [0.2, 0.25) is 0 Å².